The van der Waals surface area contributed by atoms with Gasteiger partial charge in [-0.1, -0.05) is 13.0 Å². The third-order valence-corrected chi connectivity index (χ3v) is 2.73. The predicted octanol–water partition coefficient (Wildman–Crippen LogP) is 1.28. The molecule has 0 saturated carbocycles. The first-order valence-corrected chi connectivity index (χ1v) is 5.25. The van der Waals surface area contributed by atoms with Crippen molar-refractivity contribution >= 4 is 0 Å². The molecule has 3 heteroatoms. The van der Waals surface area contributed by atoms with Crippen LogP contribution in [0, 0.1) is 0 Å². The summed E-state index contributed by atoms with van der Waals surface area (Å²) >= 11 is 0. The topological polar surface area (TPSA) is 29.9 Å². The van der Waals surface area contributed by atoms with Gasteiger partial charge >= 0.3 is 0 Å². The Morgan fingerprint density at radius 1 is 1.64 bits per heavy atom. The molecule has 0 spiro atoms. The van der Waals surface area contributed by atoms with Crippen LogP contribution >= 0.6 is 0 Å². The van der Waals surface area contributed by atoms with E-state index < -0.39 is 0 Å². The van der Waals surface area contributed by atoms with Crippen molar-refractivity contribution in [3.63, 3.8) is 0 Å². The van der Waals surface area contributed by atoms with E-state index in [1.807, 2.05) is 6.08 Å². The van der Waals surface area contributed by atoms with Gasteiger partial charge in [0.25, 0.3) is 0 Å². The molecule has 14 heavy (non-hydrogen) atoms. The number of nitrogens with one attached hydrogen (secondary N) is 1. The Hall–Kier alpha value is -1.09. The Morgan fingerprint density at radius 2 is 2.50 bits per heavy atom. The number of allylic oxidation sites excluding steroid dienone is 1. The van der Waals surface area contributed by atoms with Crippen LogP contribution in [0.3, 0.4) is 0 Å². The number of fused-ring (bicyclic) bond motifs is 1. The van der Waals surface area contributed by atoms with Gasteiger partial charge in [-0.2, -0.15) is 5.10 Å². The maximum absolute atomic E-state index is 4.62. The van der Waals surface area contributed by atoms with Crippen molar-refractivity contribution in [1.29, 1.82) is 0 Å². The third-order valence-electron chi connectivity index (χ3n) is 2.73. The molecule has 1 aliphatic heterocycles. The quantitative estimate of drug-likeness (QED) is 0.729. The molecule has 76 valence electrons. The van der Waals surface area contributed by atoms with Crippen LogP contribution in [0.4, 0.5) is 0 Å². The fourth-order valence-corrected chi connectivity index (χ4v) is 2.08. The summed E-state index contributed by atoms with van der Waals surface area (Å²) in [4.78, 5) is 0. The second-order valence-electron chi connectivity index (χ2n) is 3.62. The number of hydrogen-bond donors (Lipinski definition) is 1. The Morgan fingerprint density at radius 3 is 3.21 bits per heavy atom. The van der Waals surface area contributed by atoms with Gasteiger partial charge in [-0.05, 0) is 6.42 Å². The highest BCUT2D eigenvalue weighted by molar-refractivity contribution is 5.28. The van der Waals surface area contributed by atoms with E-state index in [0.29, 0.717) is 0 Å². The molecule has 1 N–H and O–H groups in total. The zero-order chi connectivity index (χ0) is 9.97. The van der Waals surface area contributed by atoms with E-state index in [9.17, 15) is 0 Å². The minimum Gasteiger partial charge on any atom is -0.312 e. The summed E-state index contributed by atoms with van der Waals surface area (Å²) < 4.78 is 2.09. The molecule has 1 aromatic rings. The molecule has 0 saturated heterocycles. The molecule has 0 aliphatic carbocycles. The molecule has 0 unspecified atom stereocenters. The highest BCUT2D eigenvalue weighted by Crippen LogP contribution is 2.18. The molecule has 0 bridgehead atoms. The van der Waals surface area contributed by atoms with Crippen LogP contribution in [0.15, 0.2) is 12.7 Å². The van der Waals surface area contributed by atoms with Crippen LogP contribution in [0.5, 0.6) is 0 Å². The van der Waals surface area contributed by atoms with Crippen molar-refractivity contribution in [3.05, 3.63) is 29.6 Å². The summed E-state index contributed by atoms with van der Waals surface area (Å²) in [6, 6.07) is 0. The monoisotopic (exact) mass is 191 g/mol. The van der Waals surface area contributed by atoms with Crippen molar-refractivity contribution in [1.82, 2.24) is 15.1 Å². The SMILES string of the molecule is C=CCn1nc2c(c1CC)CNCC2. The van der Waals surface area contributed by atoms with E-state index in [4.69, 9.17) is 0 Å². The van der Waals surface area contributed by atoms with E-state index in [1.165, 1.54) is 17.0 Å². The fraction of sp³-hybridized carbons (Fsp3) is 0.545. The number of nitrogens with zero attached hydrogens (tertiary/aromatic N) is 2. The lowest BCUT2D eigenvalue weighted by Crippen LogP contribution is -2.23. The molecular formula is C11H17N3. The summed E-state index contributed by atoms with van der Waals surface area (Å²) in [5.74, 6) is 0. The van der Waals surface area contributed by atoms with Gasteiger partial charge in [-0.3, -0.25) is 4.68 Å². The Kier molecular flexibility index (Phi) is 2.68. The second-order valence-corrected chi connectivity index (χ2v) is 3.62. The zero-order valence-electron chi connectivity index (χ0n) is 8.71. The smallest absolute Gasteiger partial charge is 0.0685 e. The number of aromatic nitrogens is 2. The van der Waals surface area contributed by atoms with Gasteiger partial charge in [0.05, 0.1) is 12.2 Å². The molecule has 0 fully saturated rings. The summed E-state index contributed by atoms with van der Waals surface area (Å²) in [5.41, 5.74) is 4.06. The summed E-state index contributed by atoms with van der Waals surface area (Å²) in [5, 5.41) is 8.01. The Bertz CT molecular complexity index is 339. The lowest BCUT2D eigenvalue weighted by molar-refractivity contribution is 0.628. The highest BCUT2D eigenvalue weighted by Gasteiger charge is 2.18. The van der Waals surface area contributed by atoms with Crippen LogP contribution in [0.2, 0.25) is 0 Å². The summed E-state index contributed by atoms with van der Waals surface area (Å²) in [6.45, 7) is 8.82. The van der Waals surface area contributed by atoms with Gasteiger partial charge in [0, 0.05) is 30.8 Å². The number of hydrogen-bond acceptors (Lipinski definition) is 2. The molecule has 1 aromatic heterocycles. The van der Waals surface area contributed by atoms with Crippen LogP contribution in [0.1, 0.15) is 23.9 Å². The molecule has 3 nitrogen and oxygen atoms in total. The Balaban J connectivity index is 2.40. The van der Waals surface area contributed by atoms with Crippen LogP contribution < -0.4 is 5.32 Å². The van der Waals surface area contributed by atoms with Crippen LogP contribution in [-0.2, 0) is 25.9 Å². The molecule has 0 radical (unpaired) electrons. The molecule has 1 aliphatic rings. The minimum atomic E-state index is 0.830. The van der Waals surface area contributed by atoms with Crippen molar-refractivity contribution in [2.75, 3.05) is 6.54 Å². The first kappa shape index (κ1) is 9.46. The summed E-state index contributed by atoms with van der Waals surface area (Å²) in [7, 11) is 0. The Labute approximate surface area is 84.8 Å². The van der Waals surface area contributed by atoms with E-state index >= 15 is 0 Å². The lowest BCUT2D eigenvalue weighted by atomic mass is 10.1. The van der Waals surface area contributed by atoms with Gasteiger partial charge in [-0.15, -0.1) is 6.58 Å². The highest BCUT2D eigenvalue weighted by atomic mass is 15.3. The van der Waals surface area contributed by atoms with E-state index in [1.54, 1.807) is 0 Å². The van der Waals surface area contributed by atoms with Gasteiger partial charge in [0.15, 0.2) is 0 Å². The predicted molar refractivity (Wildman–Crippen MR) is 57.2 cm³/mol. The van der Waals surface area contributed by atoms with Crippen LogP contribution in [0.25, 0.3) is 0 Å². The third kappa shape index (κ3) is 1.48. The first-order chi connectivity index (χ1) is 6.86. The van der Waals surface area contributed by atoms with Gasteiger partial charge < -0.3 is 5.32 Å². The summed E-state index contributed by atoms with van der Waals surface area (Å²) in [6.07, 6.45) is 4.02. The van der Waals surface area contributed by atoms with Crippen molar-refractivity contribution in [2.45, 2.75) is 32.9 Å². The average molecular weight is 191 g/mol. The molecular weight excluding hydrogens is 174 g/mol. The van der Waals surface area contributed by atoms with Crippen LogP contribution in [-0.4, -0.2) is 16.3 Å². The molecule has 2 heterocycles. The normalized spacial score (nSPS) is 15.2. The van der Waals surface area contributed by atoms with Crippen molar-refractivity contribution in [2.24, 2.45) is 0 Å². The standard InChI is InChI=1S/C11H17N3/c1-3-7-14-11(4-2)9-8-12-6-5-10(9)13-14/h3,12H,1,4-8H2,2H3. The van der Waals surface area contributed by atoms with E-state index in [0.717, 1.165) is 32.5 Å². The first-order valence-electron chi connectivity index (χ1n) is 5.25. The maximum atomic E-state index is 4.62. The second kappa shape index (κ2) is 3.96. The molecule has 0 amide bonds. The fourth-order valence-electron chi connectivity index (χ4n) is 2.08. The molecule has 2 rings (SSSR count). The van der Waals surface area contributed by atoms with Gasteiger partial charge in [0.1, 0.15) is 0 Å². The number of rotatable bonds is 3. The van der Waals surface area contributed by atoms with E-state index in [2.05, 4.69) is 28.6 Å². The maximum Gasteiger partial charge on any atom is 0.0685 e. The van der Waals surface area contributed by atoms with Crippen molar-refractivity contribution in [3.8, 4) is 0 Å². The average Bonchev–Trinajstić information content (AvgIpc) is 2.55. The molecule has 0 aromatic carbocycles. The lowest BCUT2D eigenvalue weighted by Gasteiger charge is -2.12. The van der Waals surface area contributed by atoms with Gasteiger partial charge in [-0.25, -0.2) is 0 Å². The zero-order valence-corrected chi connectivity index (χ0v) is 8.71. The minimum absolute atomic E-state index is 0.830. The largest absolute Gasteiger partial charge is 0.312 e. The van der Waals surface area contributed by atoms with E-state index in [-0.39, 0.29) is 0 Å². The van der Waals surface area contributed by atoms with Gasteiger partial charge in [0.2, 0.25) is 0 Å². The molecule has 0 atom stereocenters. The van der Waals surface area contributed by atoms with Crippen molar-refractivity contribution < 1.29 is 0 Å².